The highest BCUT2D eigenvalue weighted by atomic mass is 14.9. The standard InChI is InChI=1S/C9H7N.C7H6N2/c1-2-6-9-8(4-1)5-3-7-10-9;1-2-4-7-6(3-1)8-5-9-7/h1-7H;1-5H,(H,8,9). The van der Waals surface area contributed by atoms with Crippen LogP contribution in [0.5, 0.6) is 0 Å². The van der Waals surface area contributed by atoms with E-state index in [1.54, 1.807) is 6.33 Å². The van der Waals surface area contributed by atoms with E-state index in [0.29, 0.717) is 0 Å². The molecular formula is C16H13N3. The fraction of sp³-hybridized carbons (Fsp3) is 0. The Bertz CT molecular complexity index is 694. The van der Waals surface area contributed by atoms with E-state index >= 15 is 0 Å². The Hall–Kier alpha value is -2.68. The second-order valence-electron chi connectivity index (χ2n) is 4.12. The zero-order valence-electron chi connectivity index (χ0n) is 10.3. The number of rotatable bonds is 0. The van der Waals surface area contributed by atoms with Crippen molar-refractivity contribution in [2.75, 3.05) is 0 Å². The van der Waals surface area contributed by atoms with Crippen LogP contribution in [0.25, 0.3) is 21.9 Å². The van der Waals surface area contributed by atoms with Crippen LogP contribution in [-0.4, -0.2) is 15.0 Å². The van der Waals surface area contributed by atoms with Gasteiger partial charge in [-0.3, -0.25) is 4.98 Å². The lowest BCUT2D eigenvalue weighted by molar-refractivity contribution is 1.34. The number of aromatic amines is 1. The zero-order valence-corrected chi connectivity index (χ0v) is 10.3. The van der Waals surface area contributed by atoms with Crippen LogP contribution in [0.4, 0.5) is 0 Å². The molecule has 0 saturated heterocycles. The van der Waals surface area contributed by atoms with Crippen LogP contribution in [0, 0.1) is 0 Å². The molecule has 0 spiro atoms. The number of H-pyrrole nitrogens is 1. The number of fused-ring (bicyclic) bond motifs is 2. The van der Waals surface area contributed by atoms with Gasteiger partial charge in [-0.1, -0.05) is 36.4 Å². The van der Waals surface area contributed by atoms with Gasteiger partial charge in [-0.25, -0.2) is 4.98 Å². The maximum absolute atomic E-state index is 4.18. The Labute approximate surface area is 111 Å². The highest BCUT2D eigenvalue weighted by Gasteiger charge is 1.88. The minimum atomic E-state index is 1.03. The number of benzene rings is 2. The number of nitrogens with one attached hydrogen (secondary N) is 1. The van der Waals surface area contributed by atoms with E-state index in [9.17, 15) is 0 Å². The molecule has 0 atom stereocenters. The first-order chi connectivity index (χ1) is 9.43. The van der Waals surface area contributed by atoms with Crippen molar-refractivity contribution in [3.05, 3.63) is 73.2 Å². The van der Waals surface area contributed by atoms with E-state index in [-0.39, 0.29) is 0 Å². The molecule has 3 nitrogen and oxygen atoms in total. The van der Waals surface area contributed by atoms with Gasteiger partial charge in [0.1, 0.15) is 0 Å². The van der Waals surface area contributed by atoms with Crippen molar-refractivity contribution in [3.63, 3.8) is 0 Å². The molecule has 2 aromatic heterocycles. The van der Waals surface area contributed by atoms with Crippen LogP contribution in [0.15, 0.2) is 73.2 Å². The van der Waals surface area contributed by atoms with Crippen molar-refractivity contribution in [1.29, 1.82) is 0 Å². The summed E-state index contributed by atoms with van der Waals surface area (Å²) in [5, 5.41) is 1.20. The van der Waals surface area contributed by atoms with Crippen molar-refractivity contribution in [3.8, 4) is 0 Å². The SMILES string of the molecule is c1ccc2[nH]cnc2c1.c1ccc2ncccc2c1. The molecule has 92 valence electrons. The smallest absolute Gasteiger partial charge is 0.0931 e. The number of para-hydroxylation sites is 3. The van der Waals surface area contributed by atoms with Gasteiger partial charge < -0.3 is 4.98 Å². The molecule has 0 fully saturated rings. The maximum atomic E-state index is 4.18. The normalized spacial score (nSPS) is 10.1. The first-order valence-electron chi connectivity index (χ1n) is 6.11. The maximum Gasteiger partial charge on any atom is 0.0931 e. The lowest BCUT2D eigenvalue weighted by Crippen LogP contribution is -1.73. The Morgan fingerprint density at radius 3 is 2.26 bits per heavy atom. The van der Waals surface area contributed by atoms with Gasteiger partial charge in [0, 0.05) is 11.6 Å². The summed E-state index contributed by atoms with van der Waals surface area (Å²) in [5.41, 5.74) is 3.18. The Balaban J connectivity index is 0.000000117. The minimum absolute atomic E-state index is 1.03. The molecule has 0 radical (unpaired) electrons. The summed E-state index contributed by atoms with van der Waals surface area (Å²) >= 11 is 0. The monoisotopic (exact) mass is 247 g/mol. The third-order valence-corrected chi connectivity index (χ3v) is 2.84. The Morgan fingerprint density at radius 1 is 0.684 bits per heavy atom. The van der Waals surface area contributed by atoms with E-state index in [0.717, 1.165) is 16.6 Å². The first-order valence-corrected chi connectivity index (χ1v) is 6.11. The van der Waals surface area contributed by atoms with E-state index < -0.39 is 0 Å². The summed E-state index contributed by atoms with van der Waals surface area (Å²) in [6, 6.07) is 20.0. The number of hydrogen-bond acceptors (Lipinski definition) is 2. The molecule has 0 unspecified atom stereocenters. The highest BCUT2D eigenvalue weighted by Crippen LogP contribution is 2.08. The molecule has 19 heavy (non-hydrogen) atoms. The number of nitrogens with zero attached hydrogens (tertiary/aromatic N) is 2. The molecular weight excluding hydrogens is 234 g/mol. The van der Waals surface area contributed by atoms with Gasteiger partial charge in [0.25, 0.3) is 0 Å². The van der Waals surface area contributed by atoms with Crippen LogP contribution in [-0.2, 0) is 0 Å². The average molecular weight is 247 g/mol. The lowest BCUT2D eigenvalue weighted by Gasteiger charge is -1.91. The summed E-state index contributed by atoms with van der Waals surface area (Å²) in [4.78, 5) is 11.3. The molecule has 1 N–H and O–H groups in total. The van der Waals surface area contributed by atoms with Gasteiger partial charge in [0.05, 0.1) is 22.9 Å². The van der Waals surface area contributed by atoms with Crippen molar-refractivity contribution >= 4 is 21.9 Å². The Kier molecular flexibility index (Phi) is 3.19. The third kappa shape index (κ3) is 2.60. The van der Waals surface area contributed by atoms with E-state index in [1.165, 1.54) is 5.39 Å². The van der Waals surface area contributed by atoms with Crippen molar-refractivity contribution < 1.29 is 0 Å². The first kappa shape index (κ1) is 11.4. The highest BCUT2D eigenvalue weighted by molar-refractivity contribution is 5.77. The van der Waals surface area contributed by atoms with Crippen LogP contribution >= 0.6 is 0 Å². The van der Waals surface area contributed by atoms with Crippen LogP contribution in [0.3, 0.4) is 0 Å². The van der Waals surface area contributed by atoms with Gasteiger partial charge in [-0.05, 0) is 24.3 Å². The fourth-order valence-electron chi connectivity index (χ4n) is 1.90. The predicted octanol–water partition coefficient (Wildman–Crippen LogP) is 3.80. The molecule has 0 aliphatic rings. The van der Waals surface area contributed by atoms with Gasteiger partial charge in [0.15, 0.2) is 0 Å². The molecule has 0 saturated carbocycles. The number of aromatic nitrogens is 3. The number of hydrogen-bond donors (Lipinski definition) is 1. The zero-order chi connectivity index (χ0) is 12.9. The molecule has 2 aromatic carbocycles. The summed E-state index contributed by atoms with van der Waals surface area (Å²) < 4.78 is 0. The molecule has 3 heteroatoms. The van der Waals surface area contributed by atoms with E-state index in [1.807, 2.05) is 54.7 Å². The summed E-state index contributed by atoms with van der Waals surface area (Å²) in [6.45, 7) is 0. The summed E-state index contributed by atoms with van der Waals surface area (Å²) in [5.74, 6) is 0. The van der Waals surface area contributed by atoms with E-state index in [2.05, 4.69) is 27.1 Å². The van der Waals surface area contributed by atoms with Crippen molar-refractivity contribution in [1.82, 2.24) is 15.0 Å². The average Bonchev–Trinajstić information content (AvgIpc) is 2.96. The fourth-order valence-corrected chi connectivity index (χ4v) is 1.90. The molecule has 0 amide bonds. The Morgan fingerprint density at radius 2 is 1.42 bits per heavy atom. The molecule has 4 rings (SSSR count). The molecule has 0 aliphatic carbocycles. The lowest BCUT2D eigenvalue weighted by atomic mass is 10.2. The summed E-state index contributed by atoms with van der Waals surface area (Å²) in [6.07, 6.45) is 3.51. The minimum Gasteiger partial charge on any atom is -0.345 e. The van der Waals surface area contributed by atoms with Crippen molar-refractivity contribution in [2.45, 2.75) is 0 Å². The van der Waals surface area contributed by atoms with Gasteiger partial charge in [-0.2, -0.15) is 0 Å². The number of imidazole rings is 1. The summed E-state index contributed by atoms with van der Waals surface area (Å²) in [7, 11) is 0. The van der Waals surface area contributed by atoms with E-state index in [4.69, 9.17) is 0 Å². The quantitative estimate of drug-likeness (QED) is 0.513. The third-order valence-electron chi connectivity index (χ3n) is 2.84. The molecule has 0 aliphatic heterocycles. The largest absolute Gasteiger partial charge is 0.345 e. The van der Waals surface area contributed by atoms with Crippen molar-refractivity contribution in [2.24, 2.45) is 0 Å². The van der Waals surface area contributed by atoms with Crippen LogP contribution < -0.4 is 0 Å². The molecule has 2 heterocycles. The van der Waals surface area contributed by atoms with Gasteiger partial charge in [0.2, 0.25) is 0 Å². The topological polar surface area (TPSA) is 41.6 Å². The van der Waals surface area contributed by atoms with Gasteiger partial charge >= 0.3 is 0 Å². The molecule has 0 bridgehead atoms. The number of pyridine rings is 1. The molecule has 4 aromatic rings. The van der Waals surface area contributed by atoms with Gasteiger partial charge in [-0.15, -0.1) is 0 Å². The van der Waals surface area contributed by atoms with Crippen LogP contribution in [0.2, 0.25) is 0 Å². The second kappa shape index (κ2) is 5.31. The predicted molar refractivity (Wildman–Crippen MR) is 77.8 cm³/mol. The second-order valence-corrected chi connectivity index (χ2v) is 4.12. The van der Waals surface area contributed by atoms with Crippen LogP contribution in [0.1, 0.15) is 0 Å².